The average Bonchev–Trinajstić information content (AvgIpc) is 2.28. The number of hydrogen-bond acceptors (Lipinski definition) is 2. The number of hydrogen-bond donors (Lipinski definition) is 0. The average molecular weight is 277 g/mol. The van der Waals surface area contributed by atoms with Crippen LogP contribution >= 0.6 is 15.9 Å². The zero-order chi connectivity index (χ0) is 12.0. The van der Waals surface area contributed by atoms with Gasteiger partial charge in [-0.1, -0.05) is 28.8 Å². The number of benzene rings is 1. The van der Waals surface area contributed by atoms with E-state index >= 15 is 0 Å². The summed E-state index contributed by atoms with van der Waals surface area (Å²) in [5.74, 6) is 2.64. The molecular formula is C13H13BrN2. The second-order valence-corrected chi connectivity index (χ2v) is 4.35. The Kier molecular flexibility index (Phi) is 4.89. The van der Waals surface area contributed by atoms with Crippen molar-refractivity contribution in [2.45, 2.75) is 13.3 Å². The lowest BCUT2D eigenvalue weighted by Crippen LogP contribution is -2.24. The van der Waals surface area contributed by atoms with E-state index in [2.05, 4.69) is 39.7 Å². The Hall–Kier alpha value is -1.45. The minimum atomic E-state index is 0.565. The van der Waals surface area contributed by atoms with Gasteiger partial charge in [-0.15, -0.1) is 6.42 Å². The molecular weight excluding hydrogens is 264 g/mol. The van der Waals surface area contributed by atoms with Crippen molar-refractivity contribution in [1.29, 1.82) is 5.26 Å². The molecule has 82 valence electrons. The summed E-state index contributed by atoms with van der Waals surface area (Å²) < 4.78 is 0.902. The SMILES string of the molecule is C#CCN(CCC)c1cc(Br)cc(C#N)c1. The highest BCUT2D eigenvalue weighted by atomic mass is 79.9. The first-order chi connectivity index (χ1) is 7.71. The summed E-state index contributed by atoms with van der Waals surface area (Å²) >= 11 is 3.39. The van der Waals surface area contributed by atoms with E-state index in [0.717, 1.165) is 23.1 Å². The van der Waals surface area contributed by atoms with Gasteiger partial charge in [-0.05, 0) is 24.6 Å². The lowest BCUT2D eigenvalue weighted by molar-refractivity contribution is 0.823. The van der Waals surface area contributed by atoms with Gasteiger partial charge in [-0.2, -0.15) is 5.26 Å². The van der Waals surface area contributed by atoms with Crippen molar-refractivity contribution in [3.8, 4) is 18.4 Å². The minimum absolute atomic E-state index is 0.565. The molecule has 0 atom stereocenters. The molecule has 1 aromatic rings. The Bertz CT molecular complexity index is 440. The summed E-state index contributed by atoms with van der Waals surface area (Å²) in [6.45, 7) is 3.56. The molecule has 0 N–H and O–H groups in total. The van der Waals surface area contributed by atoms with Gasteiger partial charge in [0.2, 0.25) is 0 Å². The molecule has 0 heterocycles. The summed E-state index contributed by atoms with van der Waals surface area (Å²) in [5.41, 5.74) is 1.63. The van der Waals surface area contributed by atoms with E-state index in [-0.39, 0.29) is 0 Å². The van der Waals surface area contributed by atoms with Crippen LogP contribution in [0.1, 0.15) is 18.9 Å². The molecule has 0 aromatic heterocycles. The van der Waals surface area contributed by atoms with Gasteiger partial charge in [0.15, 0.2) is 0 Å². The summed E-state index contributed by atoms with van der Waals surface area (Å²) in [5, 5.41) is 8.90. The predicted molar refractivity (Wildman–Crippen MR) is 70.2 cm³/mol. The summed E-state index contributed by atoms with van der Waals surface area (Å²) in [7, 11) is 0. The first-order valence-corrected chi connectivity index (χ1v) is 5.89. The zero-order valence-corrected chi connectivity index (χ0v) is 10.8. The Labute approximate surface area is 105 Å². The second kappa shape index (κ2) is 6.20. The van der Waals surface area contributed by atoms with Gasteiger partial charge in [0.05, 0.1) is 18.2 Å². The van der Waals surface area contributed by atoms with Crippen LogP contribution in [0.15, 0.2) is 22.7 Å². The lowest BCUT2D eigenvalue weighted by atomic mass is 10.2. The van der Waals surface area contributed by atoms with Gasteiger partial charge in [-0.25, -0.2) is 0 Å². The van der Waals surface area contributed by atoms with Gasteiger partial charge in [0.1, 0.15) is 0 Å². The number of rotatable bonds is 4. The largest absolute Gasteiger partial charge is 0.360 e. The molecule has 0 bridgehead atoms. The van der Waals surface area contributed by atoms with Crippen LogP contribution in [0.25, 0.3) is 0 Å². The fourth-order valence-electron chi connectivity index (χ4n) is 1.50. The van der Waals surface area contributed by atoms with Crippen molar-refractivity contribution in [3.05, 3.63) is 28.2 Å². The van der Waals surface area contributed by atoms with E-state index in [1.807, 2.05) is 12.1 Å². The molecule has 0 aliphatic heterocycles. The Balaban J connectivity index is 3.05. The molecule has 0 saturated heterocycles. The first-order valence-electron chi connectivity index (χ1n) is 5.10. The van der Waals surface area contributed by atoms with E-state index in [0.29, 0.717) is 12.1 Å². The number of nitrogens with zero attached hydrogens (tertiary/aromatic N) is 2. The van der Waals surface area contributed by atoms with Gasteiger partial charge in [0, 0.05) is 16.7 Å². The quantitative estimate of drug-likeness (QED) is 0.790. The third-order valence-electron chi connectivity index (χ3n) is 2.15. The lowest BCUT2D eigenvalue weighted by Gasteiger charge is -2.22. The van der Waals surface area contributed by atoms with Gasteiger partial charge >= 0.3 is 0 Å². The maximum atomic E-state index is 8.90. The van der Waals surface area contributed by atoms with E-state index in [1.165, 1.54) is 0 Å². The molecule has 16 heavy (non-hydrogen) atoms. The van der Waals surface area contributed by atoms with Crippen molar-refractivity contribution in [3.63, 3.8) is 0 Å². The maximum absolute atomic E-state index is 8.90. The summed E-state index contributed by atoms with van der Waals surface area (Å²) in [4.78, 5) is 2.09. The molecule has 2 nitrogen and oxygen atoms in total. The molecule has 3 heteroatoms. The van der Waals surface area contributed by atoms with E-state index in [4.69, 9.17) is 11.7 Å². The minimum Gasteiger partial charge on any atom is -0.360 e. The standard InChI is InChI=1S/C13H13BrN2/c1-3-5-16(6-4-2)13-8-11(10-15)7-12(14)9-13/h1,7-9H,4-6H2,2H3. The molecule has 1 aromatic carbocycles. The summed E-state index contributed by atoms with van der Waals surface area (Å²) in [6, 6.07) is 7.77. The molecule has 0 amide bonds. The third kappa shape index (κ3) is 3.29. The predicted octanol–water partition coefficient (Wildman–Crippen LogP) is 3.17. The third-order valence-corrected chi connectivity index (χ3v) is 2.61. The fourth-order valence-corrected chi connectivity index (χ4v) is 1.98. The normalized spacial score (nSPS) is 9.25. The van der Waals surface area contributed by atoms with Crippen LogP contribution in [0.4, 0.5) is 5.69 Å². The maximum Gasteiger partial charge on any atom is 0.0992 e. The fraction of sp³-hybridized carbons (Fsp3) is 0.308. The van der Waals surface area contributed by atoms with Crippen LogP contribution in [0.3, 0.4) is 0 Å². The van der Waals surface area contributed by atoms with Crippen molar-refractivity contribution < 1.29 is 0 Å². The highest BCUT2D eigenvalue weighted by Crippen LogP contribution is 2.22. The number of terminal acetylenes is 1. The van der Waals surface area contributed by atoms with E-state index < -0.39 is 0 Å². The van der Waals surface area contributed by atoms with Crippen LogP contribution in [-0.4, -0.2) is 13.1 Å². The molecule has 0 radical (unpaired) electrons. The number of nitriles is 1. The highest BCUT2D eigenvalue weighted by molar-refractivity contribution is 9.10. The second-order valence-electron chi connectivity index (χ2n) is 3.44. The number of anilines is 1. The van der Waals surface area contributed by atoms with Crippen molar-refractivity contribution in [1.82, 2.24) is 0 Å². The molecule has 0 aliphatic rings. The molecule has 0 saturated carbocycles. The van der Waals surface area contributed by atoms with Crippen LogP contribution in [-0.2, 0) is 0 Å². The Morgan fingerprint density at radius 1 is 1.44 bits per heavy atom. The molecule has 0 unspecified atom stereocenters. The van der Waals surface area contributed by atoms with Gasteiger partial charge in [0.25, 0.3) is 0 Å². The van der Waals surface area contributed by atoms with Crippen LogP contribution < -0.4 is 4.90 Å². The monoisotopic (exact) mass is 276 g/mol. The van der Waals surface area contributed by atoms with E-state index in [1.54, 1.807) is 6.07 Å². The molecule has 0 spiro atoms. The highest BCUT2D eigenvalue weighted by Gasteiger charge is 2.06. The van der Waals surface area contributed by atoms with Crippen molar-refractivity contribution in [2.24, 2.45) is 0 Å². The molecule has 1 rings (SSSR count). The molecule has 0 aliphatic carbocycles. The summed E-state index contributed by atoms with van der Waals surface area (Å²) in [6.07, 6.45) is 6.36. The Morgan fingerprint density at radius 3 is 2.75 bits per heavy atom. The van der Waals surface area contributed by atoms with Gasteiger partial charge < -0.3 is 4.90 Å². The van der Waals surface area contributed by atoms with Crippen LogP contribution in [0, 0.1) is 23.7 Å². The number of halogens is 1. The van der Waals surface area contributed by atoms with Crippen LogP contribution in [0.5, 0.6) is 0 Å². The zero-order valence-electron chi connectivity index (χ0n) is 9.20. The smallest absolute Gasteiger partial charge is 0.0992 e. The van der Waals surface area contributed by atoms with Crippen molar-refractivity contribution in [2.75, 3.05) is 18.0 Å². The van der Waals surface area contributed by atoms with Crippen LogP contribution in [0.2, 0.25) is 0 Å². The van der Waals surface area contributed by atoms with Gasteiger partial charge in [-0.3, -0.25) is 0 Å². The topological polar surface area (TPSA) is 27.0 Å². The first kappa shape index (κ1) is 12.6. The molecule has 0 fully saturated rings. The Morgan fingerprint density at radius 2 is 2.19 bits per heavy atom. The van der Waals surface area contributed by atoms with Crippen molar-refractivity contribution >= 4 is 21.6 Å². The van der Waals surface area contributed by atoms with E-state index in [9.17, 15) is 0 Å².